The molecule has 0 saturated carbocycles. The fourth-order valence-electron chi connectivity index (χ4n) is 1.40. The van der Waals surface area contributed by atoms with E-state index in [2.05, 4.69) is 30.8 Å². The van der Waals surface area contributed by atoms with E-state index in [1.165, 1.54) is 0 Å². The monoisotopic (exact) mass is 222 g/mol. The minimum Gasteiger partial charge on any atom is -0.384 e. The highest BCUT2D eigenvalue weighted by Gasteiger charge is 2.05. The zero-order chi connectivity index (χ0) is 11.4. The molecule has 2 aromatic heterocycles. The molecule has 0 aliphatic carbocycles. The first-order chi connectivity index (χ1) is 7.75. The summed E-state index contributed by atoms with van der Waals surface area (Å²) in [6.45, 7) is 0.860. The normalized spacial score (nSPS) is 10.6. The molecule has 0 aliphatic heterocycles. The molecule has 4 N–H and O–H groups in total. The lowest BCUT2D eigenvalue weighted by molar-refractivity contribution is 0.745. The summed E-state index contributed by atoms with van der Waals surface area (Å²) in [5.41, 5.74) is 5.55. The third kappa shape index (κ3) is 2.47. The van der Waals surface area contributed by atoms with E-state index in [-0.39, 0.29) is 0 Å². The molecular weight excluding hydrogens is 208 g/mol. The van der Waals surface area contributed by atoms with Crippen LogP contribution >= 0.6 is 0 Å². The zero-order valence-electron chi connectivity index (χ0n) is 9.01. The number of rotatable bonds is 5. The first-order valence-electron chi connectivity index (χ1n) is 5.00. The number of hydrogen-bond donors (Lipinski definition) is 3. The third-order valence-corrected chi connectivity index (χ3v) is 2.26. The van der Waals surface area contributed by atoms with Crippen molar-refractivity contribution in [1.29, 1.82) is 0 Å². The molecule has 2 rings (SSSR count). The maximum atomic E-state index is 5.55. The molecule has 16 heavy (non-hydrogen) atoms. The van der Waals surface area contributed by atoms with E-state index in [0.29, 0.717) is 5.82 Å². The van der Waals surface area contributed by atoms with Crippen molar-refractivity contribution >= 4 is 11.6 Å². The topological polar surface area (TPSA) is 112 Å². The molecule has 2 heterocycles. The van der Waals surface area contributed by atoms with Gasteiger partial charge in [-0.05, 0) is 6.42 Å². The lowest BCUT2D eigenvalue weighted by Gasteiger charge is -2.14. The van der Waals surface area contributed by atoms with Crippen LogP contribution in [-0.2, 0) is 6.42 Å². The average molecular weight is 222 g/mol. The number of nitrogen functional groups attached to an aromatic ring is 1. The molecule has 2 aromatic rings. The average Bonchev–Trinajstić information content (AvgIpc) is 2.89. The molecule has 0 amide bonds. The van der Waals surface area contributed by atoms with Gasteiger partial charge in [-0.15, -0.1) is 10.2 Å². The van der Waals surface area contributed by atoms with Gasteiger partial charge in [0.2, 0.25) is 0 Å². The van der Waals surface area contributed by atoms with Crippen LogP contribution in [0, 0.1) is 0 Å². The van der Waals surface area contributed by atoms with E-state index in [0.717, 1.165) is 31.0 Å². The van der Waals surface area contributed by atoms with Gasteiger partial charge in [-0.2, -0.15) is 10.3 Å². The number of nitrogens with one attached hydrogen (secondary N) is 2. The highest BCUT2D eigenvalue weighted by atomic mass is 15.5. The molecule has 0 saturated heterocycles. The summed E-state index contributed by atoms with van der Waals surface area (Å²) < 4.78 is 0. The van der Waals surface area contributed by atoms with Crippen molar-refractivity contribution in [2.24, 2.45) is 0 Å². The second-order valence-electron chi connectivity index (χ2n) is 3.53. The predicted octanol–water partition coefficient (Wildman–Crippen LogP) is -0.426. The van der Waals surface area contributed by atoms with Gasteiger partial charge >= 0.3 is 0 Å². The van der Waals surface area contributed by atoms with Gasteiger partial charge in [0.25, 0.3) is 0 Å². The Hall–Kier alpha value is -2.12. The second-order valence-corrected chi connectivity index (χ2v) is 3.53. The molecule has 0 spiro atoms. The van der Waals surface area contributed by atoms with Gasteiger partial charge in [0.05, 0.1) is 0 Å². The number of aromatic amines is 2. The van der Waals surface area contributed by atoms with Gasteiger partial charge in [-0.25, -0.2) is 0 Å². The van der Waals surface area contributed by atoms with Crippen molar-refractivity contribution in [2.75, 3.05) is 24.2 Å². The molecule has 0 aromatic carbocycles. The molecule has 86 valence electrons. The molecule has 8 heteroatoms. The van der Waals surface area contributed by atoms with Crippen molar-refractivity contribution in [2.45, 2.75) is 12.8 Å². The Kier molecular flexibility index (Phi) is 2.99. The number of hydrogen-bond acceptors (Lipinski definition) is 6. The Labute approximate surface area is 92.2 Å². The lowest BCUT2D eigenvalue weighted by Crippen LogP contribution is -2.19. The van der Waals surface area contributed by atoms with Crippen molar-refractivity contribution in [3.05, 3.63) is 11.9 Å². The van der Waals surface area contributed by atoms with Gasteiger partial charge in [-0.1, -0.05) is 5.21 Å². The van der Waals surface area contributed by atoms with E-state index in [1.807, 2.05) is 11.9 Å². The largest absolute Gasteiger partial charge is 0.384 e. The van der Waals surface area contributed by atoms with Crippen molar-refractivity contribution < 1.29 is 0 Å². The molecule has 8 nitrogen and oxygen atoms in total. The van der Waals surface area contributed by atoms with Crippen molar-refractivity contribution in [3.8, 4) is 0 Å². The van der Waals surface area contributed by atoms with Crippen LogP contribution in [0.25, 0.3) is 0 Å². The maximum Gasteiger partial charge on any atom is 0.174 e. The second kappa shape index (κ2) is 4.60. The standard InChI is InChI=1S/C8H14N8/c1-16(8-5-6(9)10-13-8)4-2-3-7-11-14-15-12-7/h5H,2-4H2,1H3,(H3,9,10,13)(H,11,12,14,15). The lowest BCUT2D eigenvalue weighted by atomic mass is 10.3. The minimum atomic E-state index is 0.569. The number of aromatic nitrogens is 6. The van der Waals surface area contributed by atoms with E-state index in [4.69, 9.17) is 5.73 Å². The highest BCUT2D eigenvalue weighted by molar-refractivity contribution is 5.45. The summed E-state index contributed by atoms with van der Waals surface area (Å²) >= 11 is 0. The van der Waals surface area contributed by atoms with Crippen LogP contribution in [0.1, 0.15) is 12.2 Å². The third-order valence-electron chi connectivity index (χ3n) is 2.26. The van der Waals surface area contributed by atoms with Gasteiger partial charge in [-0.3, -0.25) is 5.10 Å². The van der Waals surface area contributed by atoms with E-state index >= 15 is 0 Å². The van der Waals surface area contributed by atoms with Crippen LogP contribution in [0.4, 0.5) is 11.6 Å². The van der Waals surface area contributed by atoms with Crippen molar-refractivity contribution in [3.63, 3.8) is 0 Å². The Morgan fingerprint density at radius 3 is 2.94 bits per heavy atom. The van der Waals surface area contributed by atoms with Gasteiger partial charge in [0.15, 0.2) is 11.6 Å². The summed E-state index contributed by atoms with van der Waals surface area (Å²) in [5, 5.41) is 20.4. The number of tetrazole rings is 1. The summed E-state index contributed by atoms with van der Waals surface area (Å²) in [6, 6.07) is 1.80. The Bertz CT molecular complexity index is 419. The number of aryl methyl sites for hydroxylation is 1. The van der Waals surface area contributed by atoms with Crippen LogP contribution in [0.5, 0.6) is 0 Å². The molecule has 0 atom stereocenters. The summed E-state index contributed by atoms with van der Waals surface area (Å²) in [5.74, 6) is 2.14. The first-order valence-corrected chi connectivity index (χ1v) is 5.00. The molecule has 0 aliphatic rings. The smallest absolute Gasteiger partial charge is 0.174 e. The maximum absolute atomic E-state index is 5.55. The Morgan fingerprint density at radius 2 is 2.31 bits per heavy atom. The zero-order valence-corrected chi connectivity index (χ0v) is 9.01. The number of H-pyrrole nitrogens is 2. The van der Waals surface area contributed by atoms with Crippen LogP contribution in [-0.4, -0.2) is 44.4 Å². The van der Waals surface area contributed by atoms with Gasteiger partial charge in [0, 0.05) is 26.1 Å². The molecule has 0 bridgehead atoms. The number of nitrogens with two attached hydrogens (primary N) is 1. The summed E-state index contributed by atoms with van der Waals surface area (Å²) in [7, 11) is 1.96. The van der Waals surface area contributed by atoms with E-state index in [9.17, 15) is 0 Å². The molecular formula is C8H14N8. The van der Waals surface area contributed by atoms with E-state index < -0.39 is 0 Å². The van der Waals surface area contributed by atoms with Crippen LogP contribution in [0.15, 0.2) is 6.07 Å². The van der Waals surface area contributed by atoms with Crippen LogP contribution in [0.2, 0.25) is 0 Å². The van der Waals surface area contributed by atoms with Crippen molar-refractivity contribution in [1.82, 2.24) is 30.8 Å². The Balaban J connectivity index is 1.78. The number of anilines is 2. The summed E-state index contributed by atoms with van der Waals surface area (Å²) in [4.78, 5) is 2.02. The summed E-state index contributed by atoms with van der Waals surface area (Å²) in [6.07, 6.45) is 1.73. The van der Waals surface area contributed by atoms with Crippen LogP contribution in [0.3, 0.4) is 0 Å². The predicted molar refractivity (Wildman–Crippen MR) is 58.8 cm³/mol. The fourth-order valence-corrected chi connectivity index (χ4v) is 1.40. The minimum absolute atomic E-state index is 0.569. The quantitative estimate of drug-likeness (QED) is 0.633. The first kappa shape index (κ1) is 10.4. The number of nitrogens with zero attached hydrogens (tertiary/aromatic N) is 5. The van der Waals surface area contributed by atoms with Gasteiger partial charge < -0.3 is 10.6 Å². The van der Waals surface area contributed by atoms with Gasteiger partial charge in [0.1, 0.15) is 5.82 Å². The SMILES string of the molecule is CN(CCCc1nn[nH]n1)c1cc(N)[nH]n1. The van der Waals surface area contributed by atoms with Crippen LogP contribution < -0.4 is 10.6 Å². The van der Waals surface area contributed by atoms with E-state index in [1.54, 1.807) is 6.07 Å². The fraction of sp³-hybridized carbons (Fsp3) is 0.500. The Morgan fingerprint density at radius 1 is 1.44 bits per heavy atom. The highest BCUT2D eigenvalue weighted by Crippen LogP contribution is 2.11. The molecule has 0 unspecified atom stereocenters. The molecule has 0 radical (unpaired) electrons. The molecule has 0 fully saturated rings.